The Labute approximate surface area is 130 Å². The van der Waals surface area contributed by atoms with Crippen molar-refractivity contribution in [3.63, 3.8) is 0 Å². The zero-order valence-electron chi connectivity index (χ0n) is 13.2. The van der Waals surface area contributed by atoms with Gasteiger partial charge in [-0.05, 0) is 19.9 Å². The number of para-hydroxylation sites is 1. The lowest BCUT2D eigenvalue weighted by Crippen LogP contribution is -2.48. The molecule has 6 heteroatoms. The van der Waals surface area contributed by atoms with E-state index in [1.807, 2.05) is 35.0 Å². The third-order valence-corrected chi connectivity index (χ3v) is 3.42. The molecule has 0 aliphatic heterocycles. The van der Waals surface area contributed by atoms with Crippen molar-refractivity contribution in [1.29, 1.82) is 0 Å². The number of methoxy groups -OCH3 is 1. The summed E-state index contributed by atoms with van der Waals surface area (Å²) >= 11 is 0. The number of urea groups is 1. The summed E-state index contributed by atoms with van der Waals surface area (Å²) in [6.45, 7) is 4.70. The lowest BCUT2D eigenvalue weighted by atomic mass is 10.1. The molecule has 0 fully saturated rings. The highest BCUT2D eigenvalue weighted by atomic mass is 16.5. The van der Waals surface area contributed by atoms with Crippen molar-refractivity contribution in [3.05, 3.63) is 30.5 Å². The normalized spacial score (nSPS) is 11.6. The van der Waals surface area contributed by atoms with Gasteiger partial charge in [-0.3, -0.25) is 0 Å². The molecule has 1 aromatic heterocycles. The Morgan fingerprint density at radius 3 is 2.77 bits per heavy atom. The molecule has 0 bridgehead atoms. The SMILES string of the molecule is COCCn1cc(NC(=O)NC(C)(C)CO)c2ccccc21. The summed E-state index contributed by atoms with van der Waals surface area (Å²) in [6.07, 6.45) is 1.90. The molecule has 0 unspecified atom stereocenters. The van der Waals surface area contributed by atoms with Crippen molar-refractivity contribution < 1.29 is 14.6 Å². The fourth-order valence-electron chi connectivity index (χ4n) is 2.22. The number of ether oxygens (including phenoxy) is 1. The second-order valence-corrected chi connectivity index (χ2v) is 5.87. The number of hydrogen-bond acceptors (Lipinski definition) is 3. The van der Waals surface area contributed by atoms with Gasteiger partial charge < -0.3 is 25.0 Å². The molecule has 0 saturated heterocycles. The first-order chi connectivity index (χ1) is 10.5. The van der Waals surface area contributed by atoms with E-state index in [-0.39, 0.29) is 12.6 Å². The fourth-order valence-corrected chi connectivity index (χ4v) is 2.22. The van der Waals surface area contributed by atoms with Gasteiger partial charge in [0, 0.05) is 25.2 Å². The highest BCUT2D eigenvalue weighted by molar-refractivity contribution is 6.01. The smallest absolute Gasteiger partial charge is 0.319 e. The summed E-state index contributed by atoms with van der Waals surface area (Å²) in [6, 6.07) is 7.53. The Balaban J connectivity index is 2.22. The van der Waals surface area contributed by atoms with E-state index < -0.39 is 5.54 Å². The van der Waals surface area contributed by atoms with E-state index in [2.05, 4.69) is 10.6 Å². The van der Waals surface area contributed by atoms with Crippen LogP contribution in [0.1, 0.15) is 13.8 Å². The number of nitrogens with zero attached hydrogens (tertiary/aromatic N) is 1. The van der Waals surface area contributed by atoms with Crippen molar-refractivity contribution in [1.82, 2.24) is 9.88 Å². The van der Waals surface area contributed by atoms with Crippen LogP contribution < -0.4 is 10.6 Å². The molecule has 2 amide bonds. The minimum Gasteiger partial charge on any atom is -0.394 e. The topological polar surface area (TPSA) is 75.5 Å². The standard InChI is InChI=1S/C16H23N3O3/c1-16(2,11-20)18-15(21)17-13-10-19(8-9-22-3)14-7-5-4-6-12(13)14/h4-7,10,20H,8-9,11H2,1-3H3,(H2,17,18,21). The Kier molecular flexibility index (Phi) is 5.05. The lowest BCUT2D eigenvalue weighted by molar-refractivity contribution is 0.187. The number of aromatic nitrogens is 1. The third kappa shape index (κ3) is 3.78. The van der Waals surface area contributed by atoms with Crippen LogP contribution in [0.4, 0.5) is 10.5 Å². The zero-order chi connectivity index (χ0) is 16.2. The van der Waals surface area contributed by atoms with E-state index in [0.29, 0.717) is 13.2 Å². The minimum atomic E-state index is -0.668. The van der Waals surface area contributed by atoms with Crippen LogP contribution in [0.5, 0.6) is 0 Å². The van der Waals surface area contributed by atoms with Gasteiger partial charge in [0.25, 0.3) is 0 Å². The summed E-state index contributed by atoms with van der Waals surface area (Å²) in [5, 5.41) is 15.8. The quantitative estimate of drug-likeness (QED) is 0.765. The van der Waals surface area contributed by atoms with Crippen LogP contribution in [-0.2, 0) is 11.3 Å². The predicted molar refractivity (Wildman–Crippen MR) is 87.1 cm³/mol. The maximum absolute atomic E-state index is 12.1. The summed E-state index contributed by atoms with van der Waals surface area (Å²) < 4.78 is 7.16. The number of aliphatic hydroxyl groups excluding tert-OH is 1. The number of benzene rings is 1. The molecule has 2 aromatic rings. The van der Waals surface area contributed by atoms with Gasteiger partial charge in [0.1, 0.15) is 0 Å². The molecule has 120 valence electrons. The Morgan fingerprint density at radius 1 is 1.36 bits per heavy atom. The molecule has 6 nitrogen and oxygen atoms in total. The molecule has 0 aliphatic rings. The minimum absolute atomic E-state index is 0.129. The van der Waals surface area contributed by atoms with Crippen molar-refractivity contribution in [2.75, 3.05) is 25.6 Å². The summed E-state index contributed by atoms with van der Waals surface area (Å²) in [7, 11) is 1.66. The molecule has 0 aliphatic carbocycles. The summed E-state index contributed by atoms with van der Waals surface area (Å²) in [5.74, 6) is 0. The second-order valence-electron chi connectivity index (χ2n) is 5.87. The van der Waals surface area contributed by atoms with Gasteiger partial charge in [-0.1, -0.05) is 18.2 Å². The van der Waals surface area contributed by atoms with Crippen LogP contribution in [0.2, 0.25) is 0 Å². The molecule has 3 N–H and O–H groups in total. The number of nitrogens with one attached hydrogen (secondary N) is 2. The Hall–Kier alpha value is -2.05. The second kappa shape index (κ2) is 6.81. The third-order valence-electron chi connectivity index (χ3n) is 3.42. The number of hydrogen-bond donors (Lipinski definition) is 3. The fraction of sp³-hybridized carbons (Fsp3) is 0.438. The van der Waals surface area contributed by atoms with E-state index in [0.717, 1.165) is 16.6 Å². The number of amides is 2. The van der Waals surface area contributed by atoms with E-state index >= 15 is 0 Å². The molecular formula is C16H23N3O3. The van der Waals surface area contributed by atoms with Gasteiger partial charge in [-0.15, -0.1) is 0 Å². The number of carbonyl (C=O) groups excluding carboxylic acids is 1. The first-order valence-electron chi connectivity index (χ1n) is 7.23. The van der Waals surface area contributed by atoms with Crippen molar-refractivity contribution in [3.8, 4) is 0 Å². The number of rotatable bonds is 6. The molecule has 0 radical (unpaired) electrons. The number of aliphatic hydroxyl groups is 1. The molecular weight excluding hydrogens is 282 g/mol. The van der Waals surface area contributed by atoms with Crippen LogP contribution >= 0.6 is 0 Å². The first-order valence-corrected chi connectivity index (χ1v) is 7.23. The van der Waals surface area contributed by atoms with Crippen LogP contribution in [-0.4, -0.2) is 41.6 Å². The highest BCUT2D eigenvalue weighted by Crippen LogP contribution is 2.25. The van der Waals surface area contributed by atoms with Crippen LogP contribution in [0, 0.1) is 0 Å². The van der Waals surface area contributed by atoms with Gasteiger partial charge in [0.15, 0.2) is 0 Å². The van der Waals surface area contributed by atoms with Crippen molar-refractivity contribution in [2.45, 2.75) is 25.9 Å². The molecule has 1 aromatic carbocycles. The van der Waals surface area contributed by atoms with E-state index in [9.17, 15) is 9.90 Å². The average molecular weight is 305 g/mol. The maximum atomic E-state index is 12.1. The molecule has 0 atom stereocenters. The Morgan fingerprint density at radius 2 is 2.09 bits per heavy atom. The van der Waals surface area contributed by atoms with Gasteiger partial charge >= 0.3 is 6.03 Å². The van der Waals surface area contributed by atoms with Gasteiger partial charge in [-0.2, -0.15) is 0 Å². The number of anilines is 1. The highest BCUT2D eigenvalue weighted by Gasteiger charge is 2.20. The summed E-state index contributed by atoms with van der Waals surface area (Å²) in [5.41, 5.74) is 1.10. The average Bonchev–Trinajstić information content (AvgIpc) is 2.83. The van der Waals surface area contributed by atoms with Crippen molar-refractivity contribution in [2.24, 2.45) is 0 Å². The number of fused-ring (bicyclic) bond motifs is 1. The predicted octanol–water partition coefficient (Wildman–Crippen LogP) is 2.18. The van der Waals surface area contributed by atoms with Gasteiger partial charge in [0.2, 0.25) is 0 Å². The lowest BCUT2D eigenvalue weighted by Gasteiger charge is -2.23. The van der Waals surface area contributed by atoms with Crippen LogP contribution in [0.25, 0.3) is 10.9 Å². The largest absolute Gasteiger partial charge is 0.394 e. The monoisotopic (exact) mass is 305 g/mol. The molecule has 0 spiro atoms. The first kappa shape index (κ1) is 16.3. The molecule has 2 rings (SSSR count). The van der Waals surface area contributed by atoms with Gasteiger partial charge in [-0.25, -0.2) is 4.79 Å². The maximum Gasteiger partial charge on any atom is 0.319 e. The van der Waals surface area contributed by atoms with E-state index in [4.69, 9.17) is 4.74 Å². The van der Waals surface area contributed by atoms with Gasteiger partial charge in [0.05, 0.1) is 30.0 Å². The Bertz CT molecular complexity index is 649. The summed E-state index contributed by atoms with van der Waals surface area (Å²) in [4.78, 5) is 12.1. The van der Waals surface area contributed by atoms with Crippen LogP contribution in [0.3, 0.4) is 0 Å². The van der Waals surface area contributed by atoms with Crippen molar-refractivity contribution >= 4 is 22.6 Å². The van der Waals surface area contributed by atoms with E-state index in [1.165, 1.54) is 0 Å². The molecule has 22 heavy (non-hydrogen) atoms. The van der Waals surface area contributed by atoms with Crippen LogP contribution in [0.15, 0.2) is 30.5 Å². The molecule has 0 saturated carbocycles. The van der Waals surface area contributed by atoms with E-state index in [1.54, 1.807) is 21.0 Å². The molecule has 1 heterocycles. The zero-order valence-corrected chi connectivity index (χ0v) is 13.2. The number of carbonyl (C=O) groups is 1.